The zero-order chi connectivity index (χ0) is 10.3. The highest BCUT2D eigenvalue weighted by Gasteiger charge is 2.09. The van der Waals surface area contributed by atoms with E-state index in [4.69, 9.17) is 0 Å². The van der Waals surface area contributed by atoms with E-state index in [-0.39, 0.29) is 0 Å². The van der Waals surface area contributed by atoms with Crippen molar-refractivity contribution in [1.29, 1.82) is 0 Å². The average molecular weight is 232 g/mol. The molecule has 3 aromatic rings. The fourth-order valence-electron chi connectivity index (χ4n) is 1.65. The van der Waals surface area contributed by atoms with Crippen molar-refractivity contribution in [3.8, 4) is 0 Å². The molecule has 74 valence electrons. The fraction of sp³-hybridized carbons (Fsp3) is 0.0909. The van der Waals surface area contributed by atoms with Crippen molar-refractivity contribution >= 4 is 43.4 Å². The van der Waals surface area contributed by atoms with Gasteiger partial charge in [-0.15, -0.1) is 23.1 Å². The molecule has 0 aliphatic carbocycles. The van der Waals surface area contributed by atoms with Crippen LogP contribution in [0.3, 0.4) is 0 Å². The molecule has 0 aliphatic rings. The van der Waals surface area contributed by atoms with Gasteiger partial charge in [0.25, 0.3) is 0 Å². The number of nitrogens with zero attached hydrogens (tertiary/aromatic N) is 2. The first-order chi connectivity index (χ1) is 7.40. The third kappa shape index (κ3) is 1.33. The van der Waals surface area contributed by atoms with E-state index in [2.05, 4.69) is 34.2 Å². The van der Waals surface area contributed by atoms with Crippen LogP contribution in [0.5, 0.6) is 0 Å². The Bertz CT molecular complexity index is 631. The maximum atomic E-state index is 4.36. The first-order valence-electron chi connectivity index (χ1n) is 4.56. The predicted molar refractivity (Wildman–Crippen MR) is 66.7 cm³/mol. The lowest BCUT2D eigenvalue weighted by atomic mass is 10.2. The van der Waals surface area contributed by atoms with Crippen LogP contribution >= 0.6 is 23.1 Å². The average Bonchev–Trinajstić information content (AvgIpc) is 2.67. The monoisotopic (exact) mass is 232 g/mol. The van der Waals surface area contributed by atoms with Crippen LogP contribution in [-0.4, -0.2) is 16.2 Å². The van der Waals surface area contributed by atoms with Crippen LogP contribution in [0.15, 0.2) is 35.6 Å². The maximum Gasteiger partial charge on any atom is 0.117 e. The summed E-state index contributed by atoms with van der Waals surface area (Å²) in [6, 6.07) is 8.36. The van der Waals surface area contributed by atoms with E-state index in [9.17, 15) is 0 Å². The van der Waals surface area contributed by atoms with Gasteiger partial charge in [-0.25, -0.2) is 9.97 Å². The molecule has 0 spiro atoms. The number of rotatable bonds is 1. The molecule has 1 aromatic carbocycles. The Morgan fingerprint density at radius 1 is 1.20 bits per heavy atom. The van der Waals surface area contributed by atoms with Gasteiger partial charge in [0.05, 0.1) is 10.2 Å². The van der Waals surface area contributed by atoms with E-state index >= 15 is 0 Å². The molecule has 0 radical (unpaired) electrons. The smallest absolute Gasteiger partial charge is 0.117 e. The number of thiophene rings is 1. The third-order valence-corrected chi connectivity index (χ3v) is 4.31. The molecule has 2 nitrogen and oxygen atoms in total. The predicted octanol–water partition coefficient (Wildman–Crippen LogP) is 3.57. The number of thioether (sulfide) groups is 1. The van der Waals surface area contributed by atoms with Gasteiger partial charge in [0.1, 0.15) is 11.4 Å². The van der Waals surface area contributed by atoms with Crippen molar-refractivity contribution in [2.75, 3.05) is 6.26 Å². The van der Waals surface area contributed by atoms with Gasteiger partial charge in [0, 0.05) is 10.1 Å². The number of aromatic nitrogens is 2. The van der Waals surface area contributed by atoms with Gasteiger partial charge in [-0.2, -0.15) is 0 Å². The molecular formula is C11H8N2S2. The summed E-state index contributed by atoms with van der Waals surface area (Å²) in [5, 5.41) is 2.30. The zero-order valence-corrected chi connectivity index (χ0v) is 9.73. The molecule has 3 rings (SSSR count). The minimum Gasteiger partial charge on any atom is -0.235 e. The van der Waals surface area contributed by atoms with Crippen LogP contribution < -0.4 is 0 Å². The molecule has 0 unspecified atom stereocenters. The summed E-state index contributed by atoms with van der Waals surface area (Å²) in [7, 11) is 0. The summed E-state index contributed by atoms with van der Waals surface area (Å²) in [6.45, 7) is 0. The topological polar surface area (TPSA) is 25.8 Å². The summed E-state index contributed by atoms with van der Waals surface area (Å²) in [5.74, 6) is 0. The molecule has 15 heavy (non-hydrogen) atoms. The Labute approximate surface area is 95.4 Å². The van der Waals surface area contributed by atoms with E-state index in [1.807, 2.05) is 6.26 Å². The molecule has 0 bridgehead atoms. The van der Waals surface area contributed by atoms with Crippen molar-refractivity contribution in [1.82, 2.24) is 9.97 Å². The summed E-state index contributed by atoms with van der Waals surface area (Å²) < 4.78 is 2.48. The SMILES string of the molecule is CSc1ncnc2c1sc1ccccc12. The first kappa shape index (κ1) is 9.12. The van der Waals surface area contributed by atoms with Crippen LogP contribution in [0.1, 0.15) is 0 Å². The Kier molecular flexibility index (Phi) is 2.11. The van der Waals surface area contributed by atoms with Crippen molar-refractivity contribution < 1.29 is 0 Å². The van der Waals surface area contributed by atoms with Gasteiger partial charge in [0.2, 0.25) is 0 Å². The standard InChI is InChI=1S/C11H8N2S2/c1-14-11-10-9(12-6-13-11)7-4-2-3-5-8(7)15-10/h2-6H,1H3. The second-order valence-electron chi connectivity index (χ2n) is 3.16. The van der Waals surface area contributed by atoms with Crippen molar-refractivity contribution in [3.63, 3.8) is 0 Å². The molecule has 0 saturated carbocycles. The molecule has 2 aromatic heterocycles. The maximum absolute atomic E-state index is 4.36. The van der Waals surface area contributed by atoms with Gasteiger partial charge in [-0.05, 0) is 12.3 Å². The lowest BCUT2D eigenvalue weighted by molar-refractivity contribution is 1.11. The highest BCUT2D eigenvalue weighted by molar-refractivity contribution is 7.98. The van der Waals surface area contributed by atoms with Crippen molar-refractivity contribution in [3.05, 3.63) is 30.6 Å². The molecule has 4 heteroatoms. The zero-order valence-electron chi connectivity index (χ0n) is 8.10. The third-order valence-electron chi connectivity index (χ3n) is 2.32. The highest BCUT2D eigenvalue weighted by Crippen LogP contribution is 2.35. The number of benzene rings is 1. The normalized spacial score (nSPS) is 11.3. The lowest BCUT2D eigenvalue weighted by Gasteiger charge is -1.94. The molecule has 0 amide bonds. The number of hydrogen-bond donors (Lipinski definition) is 0. The number of fused-ring (bicyclic) bond motifs is 3. The second-order valence-corrected chi connectivity index (χ2v) is 5.01. The Morgan fingerprint density at radius 3 is 2.93 bits per heavy atom. The molecule has 0 aliphatic heterocycles. The van der Waals surface area contributed by atoms with E-state index < -0.39 is 0 Å². The van der Waals surface area contributed by atoms with Gasteiger partial charge in [0.15, 0.2) is 0 Å². The Morgan fingerprint density at radius 2 is 2.07 bits per heavy atom. The molecule has 2 heterocycles. The lowest BCUT2D eigenvalue weighted by Crippen LogP contribution is -1.81. The van der Waals surface area contributed by atoms with Crippen molar-refractivity contribution in [2.45, 2.75) is 5.03 Å². The van der Waals surface area contributed by atoms with E-state index in [0.29, 0.717) is 0 Å². The number of hydrogen-bond acceptors (Lipinski definition) is 4. The van der Waals surface area contributed by atoms with Gasteiger partial charge in [-0.3, -0.25) is 0 Å². The van der Waals surface area contributed by atoms with Gasteiger partial charge in [-0.1, -0.05) is 18.2 Å². The van der Waals surface area contributed by atoms with E-state index in [1.54, 1.807) is 29.4 Å². The van der Waals surface area contributed by atoms with E-state index in [0.717, 1.165) is 10.5 Å². The van der Waals surface area contributed by atoms with Crippen molar-refractivity contribution in [2.24, 2.45) is 0 Å². The minimum absolute atomic E-state index is 1.07. The summed E-state index contributed by atoms with van der Waals surface area (Å²) in [6.07, 6.45) is 3.69. The van der Waals surface area contributed by atoms with E-state index in [1.165, 1.54) is 14.8 Å². The molecule has 0 saturated heterocycles. The summed E-state index contributed by atoms with van der Waals surface area (Å²) in [4.78, 5) is 8.65. The molecular weight excluding hydrogens is 224 g/mol. The highest BCUT2D eigenvalue weighted by atomic mass is 32.2. The quantitative estimate of drug-likeness (QED) is 0.474. The Balaban J connectivity index is 2.53. The van der Waals surface area contributed by atoms with Crippen LogP contribution in [0, 0.1) is 0 Å². The van der Waals surface area contributed by atoms with Gasteiger partial charge < -0.3 is 0 Å². The van der Waals surface area contributed by atoms with Crippen LogP contribution in [0.4, 0.5) is 0 Å². The fourth-order valence-corrected chi connectivity index (χ4v) is 3.50. The Hall–Kier alpha value is -1.13. The van der Waals surface area contributed by atoms with Crippen LogP contribution in [0.25, 0.3) is 20.3 Å². The largest absolute Gasteiger partial charge is 0.235 e. The molecule has 0 atom stereocenters. The van der Waals surface area contributed by atoms with Crippen LogP contribution in [0.2, 0.25) is 0 Å². The first-order valence-corrected chi connectivity index (χ1v) is 6.60. The summed E-state index contributed by atoms with van der Waals surface area (Å²) in [5.41, 5.74) is 1.08. The second kappa shape index (κ2) is 3.47. The van der Waals surface area contributed by atoms with Gasteiger partial charge >= 0.3 is 0 Å². The summed E-state index contributed by atoms with van der Waals surface area (Å²) >= 11 is 3.44. The molecule has 0 N–H and O–H groups in total. The van der Waals surface area contributed by atoms with Crippen LogP contribution in [-0.2, 0) is 0 Å². The molecule has 0 fully saturated rings. The minimum atomic E-state index is 1.07.